The lowest BCUT2D eigenvalue weighted by Gasteiger charge is -2.08. The fraction of sp³-hybridized carbons (Fsp3) is 0.600. The Bertz CT molecular complexity index is 206. The topological polar surface area (TPSA) is 34.1 Å². The third-order valence-corrected chi connectivity index (χ3v) is 1.38. The zero-order valence-corrected chi connectivity index (χ0v) is 7.30. The Hall–Kier alpha value is -0.360. The van der Waals surface area contributed by atoms with Gasteiger partial charge in [0.15, 0.2) is 0 Å². The molecule has 0 atom stereocenters. The largest absolute Gasteiger partial charge is 0.380 e. The first-order valence-electron chi connectivity index (χ1n) is 2.75. The molecule has 13 heavy (non-hydrogen) atoms. The van der Waals surface area contributed by atoms with Crippen LogP contribution in [0.15, 0.2) is 0 Å². The molecule has 0 rings (SSSR count). The first-order valence-corrected chi connectivity index (χ1v) is 3.51. The first kappa shape index (κ1) is 12.6. The number of halogens is 6. The molecular formula is C5H2Cl2F4O2. The number of Topliss-reactive ketones (excluding diaryl/α,β-unsaturated/α-hetero) is 2. The van der Waals surface area contributed by atoms with Gasteiger partial charge in [0.05, 0.1) is 6.42 Å². The van der Waals surface area contributed by atoms with Crippen LogP contribution in [0.1, 0.15) is 6.42 Å². The Morgan fingerprint density at radius 2 is 1.15 bits per heavy atom. The third kappa shape index (κ3) is 4.42. The predicted octanol–water partition coefficient (Wildman–Crippen LogP) is 2.18. The van der Waals surface area contributed by atoms with Crippen LogP contribution in [0, 0.1) is 0 Å². The van der Waals surface area contributed by atoms with Gasteiger partial charge in [0.25, 0.3) is 0 Å². The summed E-state index contributed by atoms with van der Waals surface area (Å²) in [5.74, 6) is -4.22. The average Bonchev–Trinajstić information content (AvgIpc) is 1.82. The molecule has 8 heteroatoms. The molecule has 0 aliphatic heterocycles. The molecule has 0 bridgehead atoms. The van der Waals surface area contributed by atoms with E-state index in [2.05, 4.69) is 23.2 Å². The lowest BCUT2D eigenvalue weighted by atomic mass is 10.2. The van der Waals surface area contributed by atoms with Crippen LogP contribution in [-0.2, 0) is 9.59 Å². The number of carbonyl (C=O) groups is 2. The zero-order valence-electron chi connectivity index (χ0n) is 5.79. The molecule has 0 fully saturated rings. The molecule has 0 unspecified atom stereocenters. The minimum Gasteiger partial charge on any atom is -0.291 e. The lowest BCUT2D eigenvalue weighted by Crippen LogP contribution is -2.30. The minimum absolute atomic E-state index is 1.70. The molecule has 0 N–H and O–H groups in total. The summed E-state index contributed by atoms with van der Waals surface area (Å²) in [6.45, 7) is 0. The van der Waals surface area contributed by atoms with Gasteiger partial charge in [-0.3, -0.25) is 9.59 Å². The van der Waals surface area contributed by atoms with Crippen LogP contribution in [0.2, 0.25) is 0 Å². The van der Waals surface area contributed by atoms with Crippen molar-refractivity contribution < 1.29 is 27.2 Å². The van der Waals surface area contributed by atoms with Gasteiger partial charge in [0.2, 0.25) is 11.6 Å². The van der Waals surface area contributed by atoms with Crippen LogP contribution >= 0.6 is 23.2 Å². The summed E-state index contributed by atoms with van der Waals surface area (Å²) in [6.07, 6.45) is -1.70. The summed E-state index contributed by atoms with van der Waals surface area (Å²) in [5.41, 5.74) is 0. The SMILES string of the molecule is O=C(CC(=O)C(F)(F)Cl)C(F)(F)Cl. The summed E-state index contributed by atoms with van der Waals surface area (Å²) < 4.78 is 47.4. The Balaban J connectivity index is 4.34. The van der Waals surface area contributed by atoms with Gasteiger partial charge in [-0.05, 0) is 23.2 Å². The highest BCUT2D eigenvalue weighted by Gasteiger charge is 2.43. The van der Waals surface area contributed by atoms with Crippen molar-refractivity contribution in [1.29, 1.82) is 0 Å². The maximum absolute atomic E-state index is 11.8. The Labute approximate surface area is 79.8 Å². The second-order valence-corrected chi connectivity index (χ2v) is 2.97. The maximum Gasteiger partial charge on any atom is 0.380 e. The second-order valence-electron chi connectivity index (χ2n) is 2.02. The molecule has 0 heterocycles. The van der Waals surface area contributed by atoms with E-state index >= 15 is 0 Å². The van der Waals surface area contributed by atoms with Crippen LogP contribution in [0.25, 0.3) is 0 Å². The summed E-state index contributed by atoms with van der Waals surface area (Å²) in [5, 5.41) is -8.64. The van der Waals surface area contributed by atoms with Crippen LogP contribution in [0.4, 0.5) is 17.6 Å². The Kier molecular flexibility index (Phi) is 3.69. The van der Waals surface area contributed by atoms with Crippen molar-refractivity contribution in [2.24, 2.45) is 0 Å². The molecule has 0 radical (unpaired) electrons. The smallest absolute Gasteiger partial charge is 0.291 e. The van der Waals surface area contributed by atoms with Crippen LogP contribution in [0.5, 0.6) is 0 Å². The number of rotatable bonds is 4. The van der Waals surface area contributed by atoms with E-state index in [1.165, 1.54) is 0 Å². The zero-order chi connectivity index (χ0) is 10.9. The van der Waals surface area contributed by atoms with Gasteiger partial charge in [0.1, 0.15) is 0 Å². The molecule has 0 aromatic carbocycles. The molecule has 0 aliphatic rings. The van der Waals surface area contributed by atoms with Gasteiger partial charge >= 0.3 is 10.8 Å². The van der Waals surface area contributed by atoms with E-state index < -0.39 is 28.8 Å². The quantitative estimate of drug-likeness (QED) is 0.429. The van der Waals surface area contributed by atoms with Crippen LogP contribution < -0.4 is 0 Å². The summed E-state index contributed by atoms with van der Waals surface area (Å²) in [4.78, 5) is 20.5. The van der Waals surface area contributed by atoms with Crippen molar-refractivity contribution in [2.45, 2.75) is 17.2 Å². The monoisotopic (exact) mass is 240 g/mol. The van der Waals surface area contributed by atoms with Crippen molar-refractivity contribution >= 4 is 34.8 Å². The summed E-state index contributed by atoms with van der Waals surface area (Å²) in [7, 11) is 0. The van der Waals surface area contributed by atoms with Gasteiger partial charge in [-0.2, -0.15) is 17.6 Å². The van der Waals surface area contributed by atoms with E-state index in [9.17, 15) is 27.2 Å². The van der Waals surface area contributed by atoms with E-state index in [4.69, 9.17) is 0 Å². The van der Waals surface area contributed by atoms with E-state index in [0.717, 1.165) is 0 Å². The highest BCUT2D eigenvalue weighted by Crippen LogP contribution is 2.26. The first-order chi connectivity index (χ1) is 5.55. The van der Waals surface area contributed by atoms with E-state index in [-0.39, 0.29) is 0 Å². The third-order valence-electron chi connectivity index (χ3n) is 0.953. The van der Waals surface area contributed by atoms with Crippen molar-refractivity contribution in [3.8, 4) is 0 Å². The molecule has 76 valence electrons. The molecule has 0 saturated heterocycles. The molecule has 0 aromatic rings. The predicted molar refractivity (Wildman–Crippen MR) is 36.2 cm³/mol. The highest BCUT2D eigenvalue weighted by atomic mass is 35.5. The van der Waals surface area contributed by atoms with Gasteiger partial charge in [-0.25, -0.2) is 0 Å². The maximum atomic E-state index is 11.8. The Morgan fingerprint density at radius 1 is 0.923 bits per heavy atom. The van der Waals surface area contributed by atoms with Crippen molar-refractivity contribution in [3.63, 3.8) is 0 Å². The van der Waals surface area contributed by atoms with Crippen LogP contribution in [-0.4, -0.2) is 22.3 Å². The van der Waals surface area contributed by atoms with Gasteiger partial charge in [-0.15, -0.1) is 0 Å². The number of alkyl halides is 6. The number of ketones is 2. The highest BCUT2D eigenvalue weighted by molar-refractivity contribution is 6.37. The minimum atomic E-state index is -4.32. The summed E-state index contributed by atoms with van der Waals surface area (Å²) >= 11 is 8.31. The lowest BCUT2D eigenvalue weighted by molar-refractivity contribution is -0.143. The fourth-order valence-electron chi connectivity index (χ4n) is 0.346. The Morgan fingerprint density at radius 3 is 1.31 bits per heavy atom. The number of hydrogen-bond donors (Lipinski definition) is 0. The second kappa shape index (κ2) is 3.79. The van der Waals surface area contributed by atoms with E-state index in [1.807, 2.05) is 0 Å². The van der Waals surface area contributed by atoms with Gasteiger partial charge < -0.3 is 0 Å². The van der Waals surface area contributed by atoms with Gasteiger partial charge in [0, 0.05) is 0 Å². The van der Waals surface area contributed by atoms with Gasteiger partial charge in [-0.1, -0.05) is 0 Å². The molecule has 0 aliphatic carbocycles. The molecule has 0 saturated carbocycles. The molecular weight excluding hydrogens is 239 g/mol. The average molecular weight is 241 g/mol. The summed E-state index contributed by atoms with van der Waals surface area (Å²) in [6, 6.07) is 0. The van der Waals surface area contributed by atoms with Crippen molar-refractivity contribution in [3.05, 3.63) is 0 Å². The number of hydrogen-bond acceptors (Lipinski definition) is 2. The van der Waals surface area contributed by atoms with E-state index in [0.29, 0.717) is 0 Å². The fourth-order valence-corrected chi connectivity index (χ4v) is 0.480. The van der Waals surface area contributed by atoms with Crippen molar-refractivity contribution in [2.75, 3.05) is 0 Å². The standard InChI is InChI=1S/C5H2Cl2F4O2/c6-4(8,9)2(12)1-3(13)5(7,10)11/h1H2. The van der Waals surface area contributed by atoms with E-state index in [1.54, 1.807) is 0 Å². The normalized spacial score (nSPS) is 12.8. The molecule has 0 spiro atoms. The van der Waals surface area contributed by atoms with Crippen LogP contribution in [0.3, 0.4) is 0 Å². The van der Waals surface area contributed by atoms with Crippen molar-refractivity contribution in [1.82, 2.24) is 0 Å². The number of carbonyl (C=O) groups excluding carboxylic acids is 2. The molecule has 0 amide bonds. The molecule has 2 nitrogen and oxygen atoms in total. The molecule has 0 aromatic heterocycles.